The molecule has 0 radical (unpaired) electrons. The van der Waals surface area contributed by atoms with Crippen molar-refractivity contribution in [2.24, 2.45) is 0 Å². The van der Waals surface area contributed by atoms with Crippen molar-refractivity contribution >= 4 is 11.8 Å². The predicted octanol–water partition coefficient (Wildman–Crippen LogP) is 2.65. The number of rotatable bonds is 6. The van der Waals surface area contributed by atoms with Gasteiger partial charge >= 0.3 is 5.76 Å². The van der Waals surface area contributed by atoms with Crippen LogP contribution in [0.4, 0.5) is 0 Å². The molecule has 96 valence electrons. The number of hydrogen-bond acceptors (Lipinski definition) is 4. The van der Waals surface area contributed by atoms with Gasteiger partial charge in [-0.1, -0.05) is 42.4 Å². The molecule has 0 spiro atoms. The molecule has 0 atom stereocenters. The van der Waals surface area contributed by atoms with E-state index in [4.69, 9.17) is 4.52 Å². The first-order valence-electron chi connectivity index (χ1n) is 6.02. The summed E-state index contributed by atoms with van der Waals surface area (Å²) in [6.45, 7) is 2.78. The van der Waals surface area contributed by atoms with E-state index in [0.29, 0.717) is 12.4 Å². The van der Waals surface area contributed by atoms with Gasteiger partial charge in [-0.2, -0.15) is 11.8 Å². The van der Waals surface area contributed by atoms with E-state index in [1.165, 1.54) is 0 Å². The molecule has 0 aliphatic heterocycles. The van der Waals surface area contributed by atoms with Crippen LogP contribution in [0.5, 0.6) is 0 Å². The molecule has 1 heterocycles. The number of hydrogen-bond donors (Lipinski definition) is 0. The molecule has 0 aliphatic rings. The second-order valence-corrected chi connectivity index (χ2v) is 5.23. The van der Waals surface area contributed by atoms with Crippen LogP contribution in [0.1, 0.15) is 13.3 Å². The highest BCUT2D eigenvalue weighted by molar-refractivity contribution is 7.99. The highest BCUT2D eigenvalue weighted by Crippen LogP contribution is 2.15. The third-order valence-electron chi connectivity index (χ3n) is 2.59. The maximum Gasteiger partial charge on any atom is 0.441 e. The van der Waals surface area contributed by atoms with Crippen LogP contribution in [0, 0.1) is 0 Å². The van der Waals surface area contributed by atoms with Crippen LogP contribution in [0.3, 0.4) is 0 Å². The summed E-state index contributed by atoms with van der Waals surface area (Å²) in [5, 5.41) is 3.85. The van der Waals surface area contributed by atoms with Gasteiger partial charge in [0.1, 0.15) is 0 Å². The number of thioether (sulfide) groups is 1. The maximum absolute atomic E-state index is 11.6. The highest BCUT2D eigenvalue weighted by atomic mass is 32.2. The first-order valence-corrected chi connectivity index (χ1v) is 7.18. The molecule has 2 rings (SSSR count). The Labute approximate surface area is 110 Å². The molecule has 0 saturated heterocycles. The third-order valence-corrected chi connectivity index (χ3v) is 3.58. The fraction of sp³-hybridized carbons (Fsp3) is 0.385. The lowest BCUT2D eigenvalue weighted by atomic mass is 10.2. The molecule has 0 N–H and O–H groups in total. The van der Waals surface area contributed by atoms with Gasteiger partial charge < -0.3 is 0 Å². The monoisotopic (exact) mass is 264 g/mol. The zero-order valence-corrected chi connectivity index (χ0v) is 11.2. The zero-order valence-electron chi connectivity index (χ0n) is 10.3. The predicted molar refractivity (Wildman–Crippen MR) is 73.8 cm³/mol. The first-order chi connectivity index (χ1) is 8.83. The standard InChI is InChI=1S/C13H16N2O2S/c1-2-18-10-6-9-15-12(14-17-13(15)16)11-7-4-3-5-8-11/h3-5,7-8H,2,6,9-10H2,1H3. The first kappa shape index (κ1) is 13.0. The highest BCUT2D eigenvalue weighted by Gasteiger charge is 2.11. The fourth-order valence-corrected chi connectivity index (χ4v) is 2.35. The molecule has 1 aromatic heterocycles. The van der Waals surface area contributed by atoms with E-state index in [1.54, 1.807) is 4.57 Å². The summed E-state index contributed by atoms with van der Waals surface area (Å²) in [7, 11) is 0. The number of aromatic nitrogens is 2. The van der Waals surface area contributed by atoms with Crippen molar-refractivity contribution in [3.63, 3.8) is 0 Å². The lowest BCUT2D eigenvalue weighted by Gasteiger charge is -2.03. The molecule has 0 saturated carbocycles. The molecule has 4 nitrogen and oxygen atoms in total. The van der Waals surface area contributed by atoms with Crippen LogP contribution in [0.15, 0.2) is 39.6 Å². The molecule has 1 aromatic carbocycles. The lowest BCUT2D eigenvalue weighted by Crippen LogP contribution is -2.16. The maximum atomic E-state index is 11.6. The van der Waals surface area contributed by atoms with E-state index in [9.17, 15) is 4.79 Å². The largest absolute Gasteiger partial charge is 0.441 e. The van der Waals surface area contributed by atoms with E-state index < -0.39 is 0 Å². The summed E-state index contributed by atoms with van der Waals surface area (Å²) in [6, 6.07) is 9.63. The topological polar surface area (TPSA) is 48.0 Å². The van der Waals surface area contributed by atoms with Crippen LogP contribution < -0.4 is 5.76 Å². The van der Waals surface area contributed by atoms with Crippen LogP contribution in [-0.2, 0) is 6.54 Å². The minimum atomic E-state index is -0.379. The van der Waals surface area contributed by atoms with Crippen LogP contribution >= 0.6 is 11.8 Å². The normalized spacial score (nSPS) is 10.7. The van der Waals surface area contributed by atoms with Crippen molar-refractivity contribution in [3.05, 3.63) is 40.9 Å². The van der Waals surface area contributed by atoms with Gasteiger partial charge in [0.25, 0.3) is 0 Å². The molecule has 5 heteroatoms. The summed E-state index contributed by atoms with van der Waals surface area (Å²) >= 11 is 1.87. The third kappa shape index (κ3) is 3.04. The van der Waals surface area contributed by atoms with E-state index in [-0.39, 0.29) is 5.76 Å². The molecule has 0 fully saturated rings. The van der Waals surface area contributed by atoms with E-state index in [1.807, 2.05) is 42.1 Å². The van der Waals surface area contributed by atoms with Gasteiger partial charge in [0.2, 0.25) is 0 Å². The minimum absolute atomic E-state index is 0.379. The summed E-state index contributed by atoms with van der Waals surface area (Å²) in [6.07, 6.45) is 0.944. The quantitative estimate of drug-likeness (QED) is 0.753. The molecule has 0 unspecified atom stereocenters. The Balaban J connectivity index is 2.15. The summed E-state index contributed by atoms with van der Waals surface area (Å²) in [5.74, 6) is 2.38. The number of nitrogens with zero attached hydrogens (tertiary/aromatic N) is 2. The summed E-state index contributed by atoms with van der Waals surface area (Å²) in [5.41, 5.74) is 0.909. The Hall–Kier alpha value is -1.49. The number of benzene rings is 1. The van der Waals surface area contributed by atoms with Gasteiger partial charge in [0.05, 0.1) is 0 Å². The average molecular weight is 264 g/mol. The van der Waals surface area contributed by atoms with Gasteiger partial charge in [-0.25, -0.2) is 4.79 Å². The van der Waals surface area contributed by atoms with Gasteiger partial charge in [-0.15, -0.1) is 0 Å². The molecular weight excluding hydrogens is 248 g/mol. The Kier molecular flexibility index (Phi) is 4.64. The second-order valence-electron chi connectivity index (χ2n) is 3.84. The second kappa shape index (κ2) is 6.44. The zero-order chi connectivity index (χ0) is 12.8. The van der Waals surface area contributed by atoms with Crippen LogP contribution in [0.25, 0.3) is 11.4 Å². The van der Waals surface area contributed by atoms with Gasteiger partial charge in [-0.3, -0.25) is 9.09 Å². The minimum Gasteiger partial charge on any atom is -0.295 e. The Morgan fingerprint density at radius 2 is 2.11 bits per heavy atom. The Bertz CT molecular complexity index is 533. The average Bonchev–Trinajstić information content (AvgIpc) is 2.77. The molecule has 2 aromatic rings. The lowest BCUT2D eigenvalue weighted by molar-refractivity contribution is 0.375. The van der Waals surface area contributed by atoms with Crippen LogP contribution in [-0.4, -0.2) is 21.2 Å². The van der Waals surface area contributed by atoms with Crippen molar-refractivity contribution in [1.82, 2.24) is 9.72 Å². The molecule has 0 amide bonds. The Morgan fingerprint density at radius 3 is 2.83 bits per heavy atom. The van der Waals surface area contributed by atoms with Gasteiger partial charge in [0.15, 0.2) is 5.82 Å². The summed E-state index contributed by atoms with van der Waals surface area (Å²) in [4.78, 5) is 11.6. The van der Waals surface area contributed by atoms with E-state index in [0.717, 1.165) is 23.5 Å². The van der Waals surface area contributed by atoms with E-state index >= 15 is 0 Å². The van der Waals surface area contributed by atoms with Crippen molar-refractivity contribution in [1.29, 1.82) is 0 Å². The van der Waals surface area contributed by atoms with Crippen molar-refractivity contribution in [3.8, 4) is 11.4 Å². The molecular formula is C13H16N2O2S. The van der Waals surface area contributed by atoms with Crippen molar-refractivity contribution < 1.29 is 4.52 Å². The fourth-order valence-electron chi connectivity index (χ4n) is 1.73. The van der Waals surface area contributed by atoms with Gasteiger partial charge in [-0.05, 0) is 17.9 Å². The van der Waals surface area contributed by atoms with Gasteiger partial charge in [0, 0.05) is 12.1 Å². The summed E-state index contributed by atoms with van der Waals surface area (Å²) < 4.78 is 6.36. The molecule has 0 bridgehead atoms. The molecule has 18 heavy (non-hydrogen) atoms. The Morgan fingerprint density at radius 1 is 1.33 bits per heavy atom. The molecule has 0 aliphatic carbocycles. The van der Waals surface area contributed by atoms with E-state index in [2.05, 4.69) is 12.1 Å². The van der Waals surface area contributed by atoms with Crippen molar-refractivity contribution in [2.45, 2.75) is 19.9 Å². The SMILES string of the molecule is CCSCCCn1c(-c2ccccc2)noc1=O. The smallest absolute Gasteiger partial charge is 0.295 e. The van der Waals surface area contributed by atoms with Crippen LogP contribution in [0.2, 0.25) is 0 Å². The van der Waals surface area contributed by atoms with Crippen molar-refractivity contribution in [2.75, 3.05) is 11.5 Å².